The molecule has 1 N–H and O–H groups in total. The van der Waals surface area contributed by atoms with E-state index in [2.05, 4.69) is 27.7 Å². The fourth-order valence-corrected chi connectivity index (χ4v) is 5.64. The number of aliphatic hydroxyl groups excluding tert-OH is 1. The standard InChI is InChI=1S/C21H32O3/c1-13(2)15-8-9-20(3)10-11-21(4)16(17(15)20)7-6-14(12-22)18(24-5)19(21)23/h6,12-13,16,18-19,23H,7-11H2,1-5H3. The predicted molar refractivity (Wildman–Crippen MR) is 95.6 cm³/mol. The van der Waals surface area contributed by atoms with E-state index < -0.39 is 12.2 Å². The lowest BCUT2D eigenvalue weighted by Crippen LogP contribution is -2.51. The number of rotatable bonds is 3. The predicted octanol–water partition coefficient (Wildman–Crippen LogP) is 4.06. The van der Waals surface area contributed by atoms with Gasteiger partial charge in [0.05, 0.1) is 6.10 Å². The minimum Gasteiger partial charge on any atom is -0.389 e. The van der Waals surface area contributed by atoms with Gasteiger partial charge in [0.2, 0.25) is 0 Å². The van der Waals surface area contributed by atoms with Crippen molar-refractivity contribution in [1.82, 2.24) is 0 Å². The Balaban J connectivity index is 2.13. The van der Waals surface area contributed by atoms with Gasteiger partial charge in [-0.25, -0.2) is 0 Å². The first kappa shape index (κ1) is 17.9. The van der Waals surface area contributed by atoms with Crippen LogP contribution in [-0.4, -0.2) is 30.7 Å². The summed E-state index contributed by atoms with van der Waals surface area (Å²) in [5, 5.41) is 11.2. The van der Waals surface area contributed by atoms with E-state index >= 15 is 0 Å². The highest BCUT2D eigenvalue weighted by molar-refractivity contribution is 5.75. The Morgan fingerprint density at radius 1 is 1.29 bits per heavy atom. The van der Waals surface area contributed by atoms with Gasteiger partial charge < -0.3 is 9.84 Å². The van der Waals surface area contributed by atoms with Crippen LogP contribution in [0, 0.1) is 22.7 Å². The van der Waals surface area contributed by atoms with Gasteiger partial charge in [-0.15, -0.1) is 0 Å². The van der Waals surface area contributed by atoms with E-state index in [0.717, 1.165) is 25.5 Å². The van der Waals surface area contributed by atoms with Crippen molar-refractivity contribution in [1.29, 1.82) is 0 Å². The maximum absolute atomic E-state index is 11.5. The van der Waals surface area contributed by atoms with Crippen molar-refractivity contribution in [2.75, 3.05) is 7.11 Å². The number of carbonyl (C=O) groups excluding carboxylic acids is 1. The molecule has 0 amide bonds. The molecule has 3 aliphatic carbocycles. The second-order valence-electron chi connectivity index (χ2n) is 8.87. The molecule has 0 saturated heterocycles. The van der Waals surface area contributed by atoms with Crippen LogP contribution >= 0.6 is 0 Å². The van der Waals surface area contributed by atoms with Gasteiger partial charge in [-0.3, -0.25) is 4.79 Å². The molecule has 0 aromatic carbocycles. The first-order valence-electron chi connectivity index (χ1n) is 9.38. The van der Waals surface area contributed by atoms with Gasteiger partial charge in [0.1, 0.15) is 12.4 Å². The van der Waals surface area contributed by atoms with Crippen molar-refractivity contribution >= 4 is 6.29 Å². The zero-order valence-electron chi connectivity index (χ0n) is 15.8. The molecular weight excluding hydrogens is 300 g/mol. The third-order valence-electron chi connectivity index (χ3n) is 7.27. The lowest BCUT2D eigenvalue weighted by molar-refractivity contribution is -0.112. The van der Waals surface area contributed by atoms with Crippen LogP contribution in [0.4, 0.5) is 0 Å². The highest BCUT2D eigenvalue weighted by Crippen LogP contribution is 2.63. The molecule has 0 radical (unpaired) electrons. The Morgan fingerprint density at radius 2 is 2.00 bits per heavy atom. The van der Waals surface area contributed by atoms with E-state index in [1.165, 1.54) is 12.8 Å². The SMILES string of the molecule is COC1C(C=O)=CCC2C3=C(C(C)C)CCC3(C)CCC2(C)C1O. The summed E-state index contributed by atoms with van der Waals surface area (Å²) >= 11 is 0. The Labute approximate surface area is 146 Å². The molecule has 3 rings (SSSR count). The molecule has 5 unspecified atom stereocenters. The summed E-state index contributed by atoms with van der Waals surface area (Å²) in [4.78, 5) is 11.5. The molecule has 0 spiro atoms. The lowest BCUT2D eigenvalue weighted by atomic mass is 9.54. The summed E-state index contributed by atoms with van der Waals surface area (Å²) in [7, 11) is 1.59. The molecule has 134 valence electrons. The van der Waals surface area contributed by atoms with Crippen LogP contribution in [0.2, 0.25) is 0 Å². The summed E-state index contributed by atoms with van der Waals surface area (Å²) in [6.07, 6.45) is 7.10. The molecule has 3 aliphatic rings. The number of fused-ring (bicyclic) bond motifs is 3. The molecular formula is C21H32O3. The fraction of sp³-hybridized carbons (Fsp3) is 0.762. The second kappa shape index (κ2) is 6.10. The van der Waals surface area contributed by atoms with Crippen LogP contribution in [0.3, 0.4) is 0 Å². The van der Waals surface area contributed by atoms with E-state index in [-0.39, 0.29) is 10.8 Å². The molecule has 24 heavy (non-hydrogen) atoms. The van der Waals surface area contributed by atoms with Gasteiger partial charge in [-0.2, -0.15) is 0 Å². The first-order valence-corrected chi connectivity index (χ1v) is 9.38. The number of carbonyl (C=O) groups is 1. The van der Waals surface area contributed by atoms with Crippen molar-refractivity contribution in [3.05, 3.63) is 22.8 Å². The van der Waals surface area contributed by atoms with Crippen molar-refractivity contribution in [2.45, 2.75) is 72.0 Å². The summed E-state index contributed by atoms with van der Waals surface area (Å²) in [6, 6.07) is 0. The molecule has 0 bridgehead atoms. The smallest absolute Gasteiger partial charge is 0.148 e. The molecule has 3 heteroatoms. The van der Waals surface area contributed by atoms with Gasteiger partial charge >= 0.3 is 0 Å². The van der Waals surface area contributed by atoms with Crippen LogP contribution in [0.25, 0.3) is 0 Å². The van der Waals surface area contributed by atoms with Gasteiger partial charge in [0.15, 0.2) is 0 Å². The van der Waals surface area contributed by atoms with Gasteiger partial charge in [0.25, 0.3) is 0 Å². The average Bonchev–Trinajstić information content (AvgIpc) is 2.85. The van der Waals surface area contributed by atoms with Gasteiger partial charge in [-0.05, 0) is 49.4 Å². The molecule has 0 heterocycles. The third-order valence-corrected chi connectivity index (χ3v) is 7.27. The summed E-state index contributed by atoms with van der Waals surface area (Å²) in [5.74, 6) is 0.860. The molecule has 0 aromatic heterocycles. The molecule has 3 nitrogen and oxygen atoms in total. The minimum absolute atomic E-state index is 0.235. The van der Waals surface area contributed by atoms with Crippen LogP contribution in [-0.2, 0) is 9.53 Å². The number of allylic oxidation sites excluding steroid dienone is 3. The van der Waals surface area contributed by atoms with Crippen LogP contribution in [0.15, 0.2) is 22.8 Å². The molecule has 5 atom stereocenters. The number of aldehydes is 1. The summed E-state index contributed by atoms with van der Waals surface area (Å²) < 4.78 is 5.55. The average molecular weight is 332 g/mol. The van der Waals surface area contributed by atoms with Gasteiger partial charge in [-0.1, -0.05) is 44.9 Å². The Hall–Kier alpha value is -0.930. The molecule has 0 aromatic rings. The summed E-state index contributed by atoms with van der Waals surface area (Å²) in [5.41, 5.74) is 3.82. The van der Waals surface area contributed by atoms with Crippen molar-refractivity contribution in [3.63, 3.8) is 0 Å². The molecule has 1 fully saturated rings. The second-order valence-corrected chi connectivity index (χ2v) is 8.87. The Morgan fingerprint density at radius 3 is 2.58 bits per heavy atom. The van der Waals surface area contributed by atoms with E-state index in [0.29, 0.717) is 17.4 Å². The Kier molecular flexibility index (Phi) is 4.55. The van der Waals surface area contributed by atoms with Gasteiger partial charge in [0, 0.05) is 18.1 Å². The highest BCUT2D eigenvalue weighted by Gasteiger charge is 2.56. The number of aliphatic hydroxyl groups is 1. The number of hydrogen-bond acceptors (Lipinski definition) is 3. The monoisotopic (exact) mass is 332 g/mol. The molecule has 0 aliphatic heterocycles. The molecule has 1 saturated carbocycles. The van der Waals surface area contributed by atoms with E-state index in [1.807, 2.05) is 6.08 Å². The van der Waals surface area contributed by atoms with Crippen LogP contribution < -0.4 is 0 Å². The normalized spacial score (nSPS) is 42.5. The zero-order chi connectivity index (χ0) is 17.7. The Bertz CT molecular complexity index is 588. The number of methoxy groups -OCH3 is 1. The van der Waals surface area contributed by atoms with Crippen molar-refractivity contribution in [3.8, 4) is 0 Å². The van der Waals surface area contributed by atoms with Crippen LogP contribution in [0.5, 0.6) is 0 Å². The number of ether oxygens (including phenoxy) is 1. The quantitative estimate of drug-likeness (QED) is 0.626. The third kappa shape index (κ3) is 2.43. The first-order chi connectivity index (χ1) is 11.3. The fourth-order valence-electron chi connectivity index (χ4n) is 5.64. The maximum Gasteiger partial charge on any atom is 0.148 e. The largest absolute Gasteiger partial charge is 0.389 e. The lowest BCUT2D eigenvalue weighted by Gasteiger charge is -2.52. The highest BCUT2D eigenvalue weighted by atomic mass is 16.5. The van der Waals surface area contributed by atoms with E-state index in [9.17, 15) is 9.90 Å². The van der Waals surface area contributed by atoms with Crippen LogP contribution in [0.1, 0.15) is 59.8 Å². The summed E-state index contributed by atoms with van der Waals surface area (Å²) in [6.45, 7) is 9.20. The zero-order valence-corrected chi connectivity index (χ0v) is 15.8. The topological polar surface area (TPSA) is 46.5 Å². The van der Waals surface area contributed by atoms with Crippen molar-refractivity contribution in [2.24, 2.45) is 22.7 Å². The maximum atomic E-state index is 11.5. The van der Waals surface area contributed by atoms with E-state index in [4.69, 9.17) is 4.74 Å². The van der Waals surface area contributed by atoms with Crippen molar-refractivity contribution < 1.29 is 14.6 Å². The number of hydrogen-bond donors (Lipinski definition) is 1. The minimum atomic E-state index is -0.641. The van der Waals surface area contributed by atoms with E-state index in [1.54, 1.807) is 18.3 Å².